The zero-order valence-electron chi connectivity index (χ0n) is 13.8. The molecule has 0 spiro atoms. The van der Waals surface area contributed by atoms with Crippen LogP contribution < -0.4 is 9.47 Å². The van der Waals surface area contributed by atoms with E-state index in [1.807, 2.05) is 0 Å². The number of nitrogens with zero attached hydrogens (tertiary/aromatic N) is 1. The summed E-state index contributed by atoms with van der Waals surface area (Å²) in [6.07, 6.45) is 2.25. The highest BCUT2D eigenvalue weighted by Crippen LogP contribution is 2.47. The van der Waals surface area contributed by atoms with Gasteiger partial charge < -0.3 is 9.47 Å². The molecule has 0 saturated carbocycles. The summed E-state index contributed by atoms with van der Waals surface area (Å²) in [5.74, 6) is 2.38. The van der Waals surface area contributed by atoms with Gasteiger partial charge in [0.1, 0.15) is 0 Å². The SMILES string of the molecule is COc1cc2c(cc1OC)C1C(Cc3ccccc3)CN1CC2. The van der Waals surface area contributed by atoms with Gasteiger partial charge in [-0.3, -0.25) is 4.90 Å². The van der Waals surface area contributed by atoms with E-state index in [1.165, 1.54) is 23.2 Å². The molecule has 2 atom stereocenters. The third kappa shape index (κ3) is 2.49. The lowest BCUT2D eigenvalue weighted by Gasteiger charge is -2.52. The number of fused-ring (bicyclic) bond motifs is 3. The lowest BCUT2D eigenvalue weighted by Crippen LogP contribution is -2.53. The standard InChI is InChI=1S/C20H23NO2/c1-22-18-11-15-8-9-21-13-16(10-14-6-4-3-5-7-14)20(21)17(15)12-19(18)23-2/h3-7,11-12,16,20H,8-10,13H2,1-2H3. The van der Waals surface area contributed by atoms with Crippen molar-refractivity contribution in [2.45, 2.75) is 18.9 Å². The maximum absolute atomic E-state index is 5.52. The number of methoxy groups -OCH3 is 2. The average Bonchev–Trinajstić information content (AvgIpc) is 2.58. The molecule has 23 heavy (non-hydrogen) atoms. The predicted octanol–water partition coefficient (Wildman–Crippen LogP) is 3.48. The molecule has 2 unspecified atom stereocenters. The molecule has 2 aliphatic heterocycles. The molecule has 3 nitrogen and oxygen atoms in total. The molecule has 1 saturated heterocycles. The number of ether oxygens (including phenoxy) is 2. The van der Waals surface area contributed by atoms with Crippen LogP contribution in [-0.2, 0) is 12.8 Å². The average molecular weight is 309 g/mol. The second kappa shape index (κ2) is 5.89. The van der Waals surface area contributed by atoms with Crippen LogP contribution in [0.15, 0.2) is 42.5 Å². The number of hydrogen-bond donors (Lipinski definition) is 0. The molecule has 4 rings (SSSR count). The van der Waals surface area contributed by atoms with Gasteiger partial charge >= 0.3 is 0 Å². The van der Waals surface area contributed by atoms with E-state index in [0.29, 0.717) is 12.0 Å². The molecule has 2 heterocycles. The Kier molecular flexibility index (Phi) is 3.74. The van der Waals surface area contributed by atoms with Crippen LogP contribution in [0.4, 0.5) is 0 Å². The minimum absolute atomic E-state index is 0.527. The van der Waals surface area contributed by atoms with Crippen molar-refractivity contribution in [1.82, 2.24) is 4.90 Å². The molecular weight excluding hydrogens is 286 g/mol. The van der Waals surface area contributed by atoms with Gasteiger partial charge in [0.2, 0.25) is 0 Å². The van der Waals surface area contributed by atoms with E-state index in [9.17, 15) is 0 Å². The van der Waals surface area contributed by atoms with Crippen LogP contribution in [0.3, 0.4) is 0 Å². The molecule has 1 fully saturated rings. The maximum atomic E-state index is 5.52. The summed E-state index contributed by atoms with van der Waals surface area (Å²) in [4.78, 5) is 2.60. The van der Waals surface area contributed by atoms with Crippen molar-refractivity contribution in [1.29, 1.82) is 0 Å². The Morgan fingerprint density at radius 1 is 1.04 bits per heavy atom. The van der Waals surface area contributed by atoms with E-state index in [2.05, 4.69) is 47.4 Å². The molecule has 0 radical (unpaired) electrons. The summed E-state index contributed by atoms with van der Waals surface area (Å²) in [5, 5.41) is 0. The number of hydrogen-bond acceptors (Lipinski definition) is 3. The minimum Gasteiger partial charge on any atom is -0.493 e. The predicted molar refractivity (Wildman–Crippen MR) is 91.2 cm³/mol. The Morgan fingerprint density at radius 2 is 1.78 bits per heavy atom. The zero-order chi connectivity index (χ0) is 15.8. The quantitative estimate of drug-likeness (QED) is 0.863. The molecule has 120 valence electrons. The van der Waals surface area contributed by atoms with Gasteiger partial charge in [0.15, 0.2) is 11.5 Å². The molecular formula is C20H23NO2. The fraction of sp³-hybridized carbons (Fsp3) is 0.400. The Hall–Kier alpha value is -2.00. The summed E-state index contributed by atoms with van der Waals surface area (Å²) in [6, 6.07) is 15.7. The van der Waals surface area contributed by atoms with Crippen LogP contribution in [0, 0.1) is 5.92 Å². The van der Waals surface area contributed by atoms with Crippen molar-refractivity contribution in [3.63, 3.8) is 0 Å². The second-order valence-electron chi connectivity index (χ2n) is 6.55. The molecule has 0 bridgehead atoms. The summed E-state index contributed by atoms with van der Waals surface area (Å²) in [7, 11) is 3.42. The molecule has 2 aliphatic rings. The van der Waals surface area contributed by atoms with Gasteiger partial charge in [0, 0.05) is 19.1 Å². The fourth-order valence-corrected chi connectivity index (χ4v) is 4.14. The first-order valence-corrected chi connectivity index (χ1v) is 8.33. The van der Waals surface area contributed by atoms with Crippen molar-refractivity contribution >= 4 is 0 Å². The van der Waals surface area contributed by atoms with Crippen LogP contribution in [0.1, 0.15) is 22.7 Å². The third-order valence-corrected chi connectivity index (χ3v) is 5.28. The largest absolute Gasteiger partial charge is 0.493 e. The molecule has 0 amide bonds. The third-order valence-electron chi connectivity index (χ3n) is 5.28. The lowest BCUT2D eigenvalue weighted by molar-refractivity contribution is 0.00535. The highest BCUT2D eigenvalue weighted by atomic mass is 16.5. The van der Waals surface area contributed by atoms with E-state index >= 15 is 0 Å². The van der Waals surface area contributed by atoms with Crippen LogP contribution in [0.25, 0.3) is 0 Å². The Balaban J connectivity index is 1.63. The van der Waals surface area contributed by atoms with Gasteiger partial charge in [-0.15, -0.1) is 0 Å². The van der Waals surface area contributed by atoms with Crippen LogP contribution >= 0.6 is 0 Å². The minimum atomic E-state index is 0.527. The highest BCUT2D eigenvalue weighted by molar-refractivity contribution is 5.50. The number of benzene rings is 2. The van der Waals surface area contributed by atoms with Gasteiger partial charge in [0.25, 0.3) is 0 Å². The maximum Gasteiger partial charge on any atom is 0.161 e. The Bertz CT molecular complexity index is 698. The summed E-state index contributed by atoms with van der Waals surface area (Å²) >= 11 is 0. The summed E-state index contributed by atoms with van der Waals surface area (Å²) < 4.78 is 11.0. The second-order valence-corrected chi connectivity index (χ2v) is 6.55. The van der Waals surface area contributed by atoms with Gasteiger partial charge in [-0.05, 0) is 47.6 Å². The van der Waals surface area contributed by atoms with Crippen molar-refractivity contribution in [3.8, 4) is 11.5 Å². The fourth-order valence-electron chi connectivity index (χ4n) is 4.14. The first kappa shape index (κ1) is 14.6. The first-order valence-electron chi connectivity index (χ1n) is 8.33. The van der Waals surface area contributed by atoms with Crippen molar-refractivity contribution in [2.75, 3.05) is 27.3 Å². The van der Waals surface area contributed by atoms with Gasteiger partial charge in [-0.25, -0.2) is 0 Å². The zero-order valence-corrected chi connectivity index (χ0v) is 13.8. The van der Waals surface area contributed by atoms with Crippen molar-refractivity contribution < 1.29 is 9.47 Å². The molecule has 2 aromatic rings. The van der Waals surface area contributed by atoms with Gasteiger partial charge in [-0.2, -0.15) is 0 Å². The molecule has 0 aliphatic carbocycles. The van der Waals surface area contributed by atoms with Crippen LogP contribution in [-0.4, -0.2) is 32.2 Å². The number of rotatable bonds is 4. The molecule has 0 aromatic heterocycles. The summed E-state index contributed by atoms with van der Waals surface area (Å²) in [5.41, 5.74) is 4.28. The topological polar surface area (TPSA) is 21.7 Å². The smallest absolute Gasteiger partial charge is 0.161 e. The first-order chi connectivity index (χ1) is 11.3. The van der Waals surface area contributed by atoms with E-state index < -0.39 is 0 Å². The lowest BCUT2D eigenvalue weighted by atomic mass is 9.75. The van der Waals surface area contributed by atoms with Crippen molar-refractivity contribution in [3.05, 3.63) is 59.2 Å². The highest BCUT2D eigenvalue weighted by Gasteiger charge is 2.43. The van der Waals surface area contributed by atoms with Crippen molar-refractivity contribution in [2.24, 2.45) is 5.92 Å². The Morgan fingerprint density at radius 3 is 2.52 bits per heavy atom. The van der Waals surface area contributed by atoms with Crippen LogP contribution in [0.5, 0.6) is 11.5 Å². The molecule has 2 aromatic carbocycles. The van der Waals surface area contributed by atoms with E-state index in [-0.39, 0.29) is 0 Å². The summed E-state index contributed by atoms with van der Waals surface area (Å²) in [6.45, 7) is 2.35. The van der Waals surface area contributed by atoms with E-state index in [0.717, 1.165) is 30.9 Å². The molecule has 0 N–H and O–H groups in total. The van der Waals surface area contributed by atoms with E-state index in [4.69, 9.17) is 9.47 Å². The molecule has 3 heteroatoms. The van der Waals surface area contributed by atoms with Crippen LogP contribution in [0.2, 0.25) is 0 Å². The normalized spacial score (nSPS) is 22.7. The van der Waals surface area contributed by atoms with Gasteiger partial charge in [0.05, 0.1) is 14.2 Å². The van der Waals surface area contributed by atoms with E-state index in [1.54, 1.807) is 14.2 Å². The van der Waals surface area contributed by atoms with Gasteiger partial charge in [-0.1, -0.05) is 30.3 Å². The monoisotopic (exact) mass is 309 g/mol. The Labute approximate surface area is 137 Å².